The molecule has 94 valence electrons. The fraction of sp³-hybridized carbons (Fsp3) is 0.923. The van der Waals surface area contributed by atoms with Crippen LogP contribution in [0.3, 0.4) is 0 Å². The fourth-order valence-electron chi connectivity index (χ4n) is 2.25. The number of carbonyl (C=O) groups is 1. The fourth-order valence-corrected chi connectivity index (χ4v) is 2.25. The molecule has 0 heterocycles. The first kappa shape index (κ1) is 13.5. The summed E-state index contributed by atoms with van der Waals surface area (Å²) in [5.74, 6) is 0.792. The molecule has 0 radical (unpaired) electrons. The molecule has 1 aliphatic carbocycles. The van der Waals surface area contributed by atoms with Crippen LogP contribution < -0.4 is 5.32 Å². The zero-order valence-corrected chi connectivity index (χ0v) is 10.8. The molecule has 2 atom stereocenters. The van der Waals surface area contributed by atoms with Crippen molar-refractivity contribution in [1.29, 1.82) is 0 Å². The summed E-state index contributed by atoms with van der Waals surface area (Å²) < 4.78 is 5.09. The van der Waals surface area contributed by atoms with Crippen molar-refractivity contribution in [2.75, 3.05) is 13.2 Å². The second-order valence-electron chi connectivity index (χ2n) is 5.11. The van der Waals surface area contributed by atoms with E-state index >= 15 is 0 Å². The van der Waals surface area contributed by atoms with Crippen LogP contribution in [0.5, 0.6) is 0 Å². The summed E-state index contributed by atoms with van der Waals surface area (Å²) in [4.78, 5) is 11.6. The third-order valence-corrected chi connectivity index (χ3v) is 3.11. The molecule has 0 aromatic rings. The van der Waals surface area contributed by atoms with Gasteiger partial charge in [-0.2, -0.15) is 0 Å². The lowest BCUT2D eigenvalue weighted by Gasteiger charge is -2.29. The first-order chi connectivity index (χ1) is 7.63. The van der Waals surface area contributed by atoms with Gasteiger partial charge in [-0.25, -0.2) is 0 Å². The molecule has 0 amide bonds. The Hall–Kier alpha value is -0.570. The first-order valence-corrected chi connectivity index (χ1v) is 6.53. The monoisotopic (exact) mass is 227 g/mol. The molecular formula is C13H25NO2. The van der Waals surface area contributed by atoms with Gasteiger partial charge < -0.3 is 10.1 Å². The van der Waals surface area contributed by atoms with Gasteiger partial charge in [0.05, 0.1) is 12.5 Å². The van der Waals surface area contributed by atoms with Gasteiger partial charge in [0.2, 0.25) is 0 Å². The van der Waals surface area contributed by atoms with Crippen LogP contribution in [0.1, 0.15) is 46.5 Å². The van der Waals surface area contributed by atoms with Crippen molar-refractivity contribution in [2.24, 2.45) is 11.8 Å². The van der Waals surface area contributed by atoms with E-state index in [1.54, 1.807) is 0 Å². The molecular weight excluding hydrogens is 202 g/mol. The topological polar surface area (TPSA) is 38.3 Å². The number of hydrogen-bond donors (Lipinski definition) is 1. The van der Waals surface area contributed by atoms with Crippen molar-refractivity contribution in [3.8, 4) is 0 Å². The number of ether oxygens (including phenoxy) is 1. The lowest BCUT2D eigenvalue weighted by molar-refractivity contribution is -0.149. The van der Waals surface area contributed by atoms with Crippen molar-refractivity contribution in [2.45, 2.75) is 52.5 Å². The van der Waals surface area contributed by atoms with E-state index in [2.05, 4.69) is 19.2 Å². The molecule has 1 saturated carbocycles. The van der Waals surface area contributed by atoms with E-state index in [0.717, 1.165) is 25.8 Å². The summed E-state index contributed by atoms with van der Waals surface area (Å²) >= 11 is 0. The van der Waals surface area contributed by atoms with Crippen molar-refractivity contribution in [3.05, 3.63) is 0 Å². The molecule has 0 saturated heterocycles. The Morgan fingerprint density at radius 2 is 2.19 bits per heavy atom. The Balaban J connectivity index is 2.32. The van der Waals surface area contributed by atoms with E-state index in [1.165, 1.54) is 6.42 Å². The lowest BCUT2D eigenvalue weighted by atomic mass is 9.85. The van der Waals surface area contributed by atoms with E-state index in [9.17, 15) is 4.79 Å². The highest BCUT2D eigenvalue weighted by Gasteiger charge is 2.27. The molecule has 3 nitrogen and oxygen atoms in total. The normalized spacial score (nSPS) is 25.8. The third kappa shape index (κ3) is 4.52. The zero-order valence-electron chi connectivity index (χ0n) is 10.8. The van der Waals surface area contributed by atoms with Crippen LogP contribution in [0, 0.1) is 11.8 Å². The molecule has 1 N–H and O–H groups in total. The summed E-state index contributed by atoms with van der Waals surface area (Å²) in [6, 6.07) is 0.505. The standard InChI is InChI=1S/C13H25NO2/c1-4-16-13(15)11-6-5-7-12(8-11)14-9-10(2)3/h10-12,14H,4-9H2,1-3H3. The maximum absolute atomic E-state index is 11.6. The second-order valence-corrected chi connectivity index (χ2v) is 5.11. The molecule has 0 bridgehead atoms. The minimum Gasteiger partial charge on any atom is -0.466 e. The van der Waals surface area contributed by atoms with Crippen LogP contribution >= 0.6 is 0 Å². The van der Waals surface area contributed by atoms with E-state index in [-0.39, 0.29) is 11.9 Å². The maximum Gasteiger partial charge on any atom is 0.308 e. The highest BCUT2D eigenvalue weighted by molar-refractivity contribution is 5.72. The smallest absolute Gasteiger partial charge is 0.308 e. The Bertz CT molecular complexity index is 216. The van der Waals surface area contributed by atoms with E-state index in [4.69, 9.17) is 4.74 Å². The van der Waals surface area contributed by atoms with Crippen molar-refractivity contribution < 1.29 is 9.53 Å². The summed E-state index contributed by atoms with van der Waals surface area (Å²) in [6.07, 6.45) is 4.28. The first-order valence-electron chi connectivity index (χ1n) is 6.53. The van der Waals surface area contributed by atoms with Gasteiger partial charge in [-0.1, -0.05) is 20.3 Å². The number of esters is 1. The Morgan fingerprint density at radius 3 is 2.81 bits per heavy atom. The maximum atomic E-state index is 11.6. The molecule has 0 aromatic carbocycles. The summed E-state index contributed by atoms with van der Waals surface area (Å²) in [7, 11) is 0. The van der Waals surface area contributed by atoms with Gasteiger partial charge in [0.15, 0.2) is 0 Å². The van der Waals surface area contributed by atoms with Crippen molar-refractivity contribution in [3.63, 3.8) is 0 Å². The highest BCUT2D eigenvalue weighted by Crippen LogP contribution is 2.25. The number of nitrogens with one attached hydrogen (secondary N) is 1. The van der Waals surface area contributed by atoms with Gasteiger partial charge in [-0.3, -0.25) is 4.79 Å². The molecule has 3 heteroatoms. The van der Waals surface area contributed by atoms with Crippen LogP contribution in [0.25, 0.3) is 0 Å². The van der Waals surface area contributed by atoms with E-state index in [1.807, 2.05) is 6.92 Å². The molecule has 1 rings (SSSR count). The van der Waals surface area contributed by atoms with Crippen molar-refractivity contribution in [1.82, 2.24) is 5.32 Å². The van der Waals surface area contributed by atoms with Crippen LogP contribution in [0.4, 0.5) is 0 Å². The molecule has 16 heavy (non-hydrogen) atoms. The second kappa shape index (κ2) is 6.89. The number of carbonyl (C=O) groups excluding carboxylic acids is 1. The van der Waals surface area contributed by atoms with Gasteiger partial charge in [0.1, 0.15) is 0 Å². The average Bonchev–Trinajstić information content (AvgIpc) is 2.27. The molecule has 0 spiro atoms. The van der Waals surface area contributed by atoms with Gasteiger partial charge in [0.25, 0.3) is 0 Å². The SMILES string of the molecule is CCOC(=O)C1CCCC(NCC(C)C)C1. The van der Waals surface area contributed by atoms with Gasteiger partial charge in [-0.05, 0) is 38.6 Å². The zero-order chi connectivity index (χ0) is 12.0. The Morgan fingerprint density at radius 1 is 1.44 bits per heavy atom. The largest absolute Gasteiger partial charge is 0.466 e. The minimum absolute atomic E-state index is 0.00135. The summed E-state index contributed by atoms with van der Waals surface area (Å²) in [5.41, 5.74) is 0. The van der Waals surface area contributed by atoms with Crippen molar-refractivity contribution >= 4 is 5.97 Å². The molecule has 1 fully saturated rings. The average molecular weight is 227 g/mol. The third-order valence-electron chi connectivity index (χ3n) is 3.11. The number of rotatable bonds is 5. The Kier molecular flexibility index (Phi) is 5.81. The minimum atomic E-state index is -0.00135. The predicted octanol–water partition coefficient (Wildman–Crippen LogP) is 2.35. The Labute approximate surface area is 98.9 Å². The molecule has 2 unspecified atom stereocenters. The van der Waals surface area contributed by atoms with Gasteiger partial charge in [-0.15, -0.1) is 0 Å². The van der Waals surface area contributed by atoms with E-state index < -0.39 is 0 Å². The molecule has 0 aromatic heterocycles. The summed E-state index contributed by atoms with van der Waals surface area (Å²) in [5, 5.41) is 3.54. The summed E-state index contributed by atoms with van der Waals surface area (Å²) in [6.45, 7) is 7.83. The highest BCUT2D eigenvalue weighted by atomic mass is 16.5. The quantitative estimate of drug-likeness (QED) is 0.733. The van der Waals surface area contributed by atoms with Gasteiger partial charge in [0, 0.05) is 6.04 Å². The lowest BCUT2D eigenvalue weighted by Crippen LogP contribution is -2.38. The van der Waals surface area contributed by atoms with Crippen LogP contribution in [-0.2, 0) is 9.53 Å². The van der Waals surface area contributed by atoms with Crippen LogP contribution in [0.15, 0.2) is 0 Å². The molecule has 1 aliphatic rings. The van der Waals surface area contributed by atoms with Crippen LogP contribution in [0.2, 0.25) is 0 Å². The predicted molar refractivity (Wildman–Crippen MR) is 65.2 cm³/mol. The number of hydrogen-bond acceptors (Lipinski definition) is 3. The van der Waals surface area contributed by atoms with Gasteiger partial charge >= 0.3 is 5.97 Å². The molecule has 0 aliphatic heterocycles. The van der Waals surface area contributed by atoms with Crippen LogP contribution in [-0.4, -0.2) is 25.2 Å². The van der Waals surface area contributed by atoms with E-state index in [0.29, 0.717) is 18.6 Å².